The van der Waals surface area contributed by atoms with Crippen LogP contribution in [-0.2, 0) is 9.47 Å². The topological polar surface area (TPSA) is 47.7 Å². The first-order valence-electron chi connectivity index (χ1n) is 6.20. The summed E-state index contributed by atoms with van der Waals surface area (Å²) in [7, 11) is 3.97. The number of rotatable bonds is 4. The van der Waals surface area contributed by atoms with Crippen molar-refractivity contribution in [2.75, 3.05) is 27.3 Å². The van der Waals surface area contributed by atoms with Gasteiger partial charge in [-0.3, -0.25) is 4.90 Å². The molecule has 0 amide bonds. The number of methoxy groups -OCH3 is 1. The molecule has 1 aliphatic carbocycles. The summed E-state index contributed by atoms with van der Waals surface area (Å²) < 4.78 is 11.0. The highest BCUT2D eigenvalue weighted by Crippen LogP contribution is 2.40. The Morgan fingerprint density at radius 2 is 2.19 bits per heavy atom. The smallest absolute Gasteiger partial charge is 0.0703 e. The molecule has 0 aromatic rings. The van der Waals surface area contributed by atoms with Gasteiger partial charge in [0.25, 0.3) is 0 Å². The van der Waals surface area contributed by atoms with Crippen molar-refractivity contribution in [3.05, 3.63) is 0 Å². The zero-order valence-electron chi connectivity index (χ0n) is 10.6. The van der Waals surface area contributed by atoms with Crippen LogP contribution in [0.5, 0.6) is 0 Å². The molecule has 2 atom stereocenters. The van der Waals surface area contributed by atoms with Gasteiger partial charge in [-0.15, -0.1) is 0 Å². The number of hydrogen-bond donors (Lipinski definition) is 1. The molecule has 2 fully saturated rings. The molecule has 4 nitrogen and oxygen atoms in total. The first-order valence-corrected chi connectivity index (χ1v) is 6.20. The van der Waals surface area contributed by atoms with Gasteiger partial charge in [-0.1, -0.05) is 0 Å². The quantitative estimate of drug-likeness (QED) is 0.765. The van der Waals surface area contributed by atoms with E-state index in [1.807, 2.05) is 0 Å². The molecule has 1 heterocycles. The maximum absolute atomic E-state index is 5.96. The van der Waals surface area contributed by atoms with Crippen LogP contribution in [0.25, 0.3) is 0 Å². The molecular weight excluding hydrogens is 204 g/mol. The van der Waals surface area contributed by atoms with Crippen LogP contribution in [0, 0.1) is 0 Å². The van der Waals surface area contributed by atoms with E-state index in [4.69, 9.17) is 15.2 Å². The third-order valence-corrected chi connectivity index (χ3v) is 4.51. The molecule has 0 aromatic carbocycles. The summed E-state index contributed by atoms with van der Waals surface area (Å²) in [5.74, 6) is 0. The van der Waals surface area contributed by atoms with Gasteiger partial charge in [-0.25, -0.2) is 0 Å². The predicted octanol–water partition coefficient (Wildman–Crippen LogP) is 0.602. The van der Waals surface area contributed by atoms with Crippen LogP contribution >= 0.6 is 0 Å². The lowest BCUT2D eigenvalue weighted by Crippen LogP contribution is -2.65. The van der Waals surface area contributed by atoms with E-state index in [9.17, 15) is 0 Å². The van der Waals surface area contributed by atoms with Crippen molar-refractivity contribution < 1.29 is 9.47 Å². The van der Waals surface area contributed by atoms with Gasteiger partial charge in [0, 0.05) is 31.8 Å². The molecule has 0 radical (unpaired) electrons. The zero-order chi connectivity index (χ0) is 11.8. The highest BCUT2D eigenvalue weighted by atomic mass is 16.5. The van der Waals surface area contributed by atoms with Crippen molar-refractivity contribution in [3.8, 4) is 0 Å². The number of nitrogens with two attached hydrogens (primary N) is 1. The molecule has 1 saturated heterocycles. The first kappa shape index (κ1) is 12.3. The fourth-order valence-corrected chi connectivity index (χ4v) is 3.13. The molecular formula is C12H24N2O2. The Balaban J connectivity index is 1.99. The molecule has 2 rings (SSSR count). The minimum absolute atomic E-state index is 0.146. The maximum atomic E-state index is 5.96. The molecule has 2 aliphatic rings. The SMILES string of the molecule is COC1CC(CN)(N(C)C2CCOC2C)C1. The molecule has 0 spiro atoms. The molecule has 2 N–H and O–H groups in total. The Morgan fingerprint density at radius 1 is 1.50 bits per heavy atom. The number of likely N-dealkylation sites (N-methyl/N-ethyl adjacent to an activating group) is 1. The third-order valence-electron chi connectivity index (χ3n) is 4.51. The molecule has 94 valence electrons. The van der Waals surface area contributed by atoms with Crippen molar-refractivity contribution in [1.29, 1.82) is 0 Å². The Bertz CT molecular complexity index is 241. The third kappa shape index (κ3) is 1.88. The standard InChI is InChI=1S/C12H24N2O2/c1-9-11(4-5-16-9)14(2)12(8-13)6-10(7-12)15-3/h9-11H,4-8,13H2,1-3H3. The molecule has 2 unspecified atom stereocenters. The second-order valence-corrected chi connectivity index (χ2v) is 5.24. The summed E-state index contributed by atoms with van der Waals surface area (Å²) >= 11 is 0. The Kier molecular flexibility index (Phi) is 3.54. The van der Waals surface area contributed by atoms with Gasteiger partial charge in [0.15, 0.2) is 0 Å². The number of hydrogen-bond acceptors (Lipinski definition) is 4. The van der Waals surface area contributed by atoms with Crippen LogP contribution in [-0.4, -0.2) is 56.0 Å². The summed E-state index contributed by atoms with van der Waals surface area (Å²) in [6.07, 6.45) is 3.95. The predicted molar refractivity (Wildman–Crippen MR) is 63.4 cm³/mol. The van der Waals surface area contributed by atoms with Gasteiger partial charge in [0.2, 0.25) is 0 Å². The second kappa shape index (κ2) is 4.61. The largest absolute Gasteiger partial charge is 0.381 e. The summed E-state index contributed by atoms with van der Waals surface area (Å²) in [4.78, 5) is 2.44. The minimum atomic E-state index is 0.146. The van der Waals surface area contributed by atoms with Crippen LogP contribution in [0.3, 0.4) is 0 Å². The lowest BCUT2D eigenvalue weighted by atomic mass is 9.72. The van der Waals surface area contributed by atoms with Gasteiger partial charge < -0.3 is 15.2 Å². The van der Waals surface area contributed by atoms with Crippen LogP contribution in [0.2, 0.25) is 0 Å². The monoisotopic (exact) mass is 228 g/mol. The van der Waals surface area contributed by atoms with Crippen molar-refractivity contribution in [3.63, 3.8) is 0 Å². The fourth-order valence-electron chi connectivity index (χ4n) is 3.13. The van der Waals surface area contributed by atoms with Gasteiger partial charge in [-0.05, 0) is 33.2 Å². The molecule has 0 aromatic heterocycles. The lowest BCUT2D eigenvalue weighted by molar-refractivity contribution is -0.0984. The summed E-state index contributed by atoms with van der Waals surface area (Å²) in [6, 6.07) is 0.515. The Morgan fingerprint density at radius 3 is 2.62 bits per heavy atom. The van der Waals surface area contributed by atoms with E-state index in [0.717, 1.165) is 25.9 Å². The van der Waals surface area contributed by atoms with Gasteiger partial charge in [0.1, 0.15) is 0 Å². The van der Waals surface area contributed by atoms with Gasteiger partial charge >= 0.3 is 0 Å². The van der Waals surface area contributed by atoms with E-state index in [1.165, 1.54) is 0 Å². The molecule has 4 heteroatoms. The average molecular weight is 228 g/mol. The summed E-state index contributed by atoms with van der Waals surface area (Å²) in [5, 5.41) is 0. The van der Waals surface area contributed by atoms with Crippen molar-refractivity contribution in [2.24, 2.45) is 5.73 Å². The van der Waals surface area contributed by atoms with E-state index in [0.29, 0.717) is 24.8 Å². The normalized spacial score (nSPS) is 43.7. The average Bonchev–Trinajstić information content (AvgIpc) is 2.64. The van der Waals surface area contributed by atoms with Crippen LogP contribution in [0.1, 0.15) is 26.2 Å². The Labute approximate surface area is 98.1 Å². The van der Waals surface area contributed by atoms with E-state index < -0.39 is 0 Å². The highest BCUT2D eigenvalue weighted by Gasteiger charge is 2.49. The molecule has 16 heavy (non-hydrogen) atoms. The summed E-state index contributed by atoms with van der Waals surface area (Å²) in [5.41, 5.74) is 6.11. The van der Waals surface area contributed by atoms with Gasteiger partial charge in [-0.2, -0.15) is 0 Å². The minimum Gasteiger partial charge on any atom is -0.381 e. The van der Waals surface area contributed by atoms with E-state index in [1.54, 1.807) is 7.11 Å². The van der Waals surface area contributed by atoms with Gasteiger partial charge in [0.05, 0.1) is 12.2 Å². The first-order chi connectivity index (χ1) is 7.63. The number of nitrogens with zero attached hydrogens (tertiary/aromatic N) is 1. The van der Waals surface area contributed by atoms with Crippen molar-refractivity contribution >= 4 is 0 Å². The summed E-state index contributed by atoms with van der Waals surface area (Å²) in [6.45, 7) is 3.75. The number of ether oxygens (including phenoxy) is 2. The maximum Gasteiger partial charge on any atom is 0.0703 e. The van der Waals surface area contributed by atoms with Crippen molar-refractivity contribution in [1.82, 2.24) is 4.90 Å². The van der Waals surface area contributed by atoms with Crippen molar-refractivity contribution in [2.45, 2.75) is 50.0 Å². The van der Waals surface area contributed by atoms with Crippen LogP contribution in [0.15, 0.2) is 0 Å². The molecule has 1 aliphatic heterocycles. The van der Waals surface area contributed by atoms with E-state index in [2.05, 4.69) is 18.9 Å². The highest BCUT2D eigenvalue weighted by molar-refractivity contribution is 5.06. The Hall–Kier alpha value is -0.160. The lowest BCUT2D eigenvalue weighted by Gasteiger charge is -2.54. The molecule has 0 bridgehead atoms. The van der Waals surface area contributed by atoms with E-state index in [-0.39, 0.29) is 5.54 Å². The fraction of sp³-hybridized carbons (Fsp3) is 1.00. The zero-order valence-corrected chi connectivity index (χ0v) is 10.6. The molecule has 1 saturated carbocycles. The van der Waals surface area contributed by atoms with E-state index >= 15 is 0 Å². The van der Waals surface area contributed by atoms with Crippen LogP contribution < -0.4 is 5.73 Å². The van der Waals surface area contributed by atoms with Crippen LogP contribution in [0.4, 0.5) is 0 Å². The second-order valence-electron chi connectivity index (χ2n) is 5.24.